The smallest absolute Gasteiger partial charge is 0.475 e. The number of fused-ring (bicyclic) bond motifs is 1. The molecule has 4 rings (SSSR count). The number of amides is 2. The second-order valence-electron chi connectivity index (χ2n) is 9.35. The highest BCUT2D eigenvalue weighted by molar-refractivity contribution is 6.00. The number of hydrogen-bond donors (Lipinski definition) is 5. The summed E-state index contributed by atoms with van der Waals surface area (Å²) >= 11 is 0. The Morgan fingerprint density at radius 1 is 0.978 bits per heavy atom. The second kappa shape index (κ2) is 15.5. The van der Waals surface area contributed by atoms with Gasteiger partial charge in [-0.3, -0.25) is 14.6 Å². The van der Waals surface area contributed by atoms with Gasteiger partial charge < -0.3 is 30.7 Å². The van der Waals surface area contributed by atoms with Crippen molar-refractivity contribution in [2.24, 2.45) is 0 Å². The predicted octanol–water partition coefficient (Wildman–Crippen LogP) is 4.35. The number of carbonyl (C=O) groups is 4. The molecule has 0 fully saturated rings. The number of carboxylic acid groups (broad SMARTS) is 2. The summed E-state index contributed by atoms with van der Waals surface area (Å²) in [6.07, 6.45) is -4.27. The van der Waals surface area contributed by atoms with Crippen molar-refractivity contribution in [3.05, 3.63) is 72.1 Å². The van der Waals surface area contributed by atoms with Gasteiger partial charge in [0.05, 0.1) is 11.3 Å². The maximum Gasteiger partial charge on any atom is 0.490 e. The number of halogens is 6. The van der Waals surface area contributed by atoms with Crippen LogP contribution in [0.5, 0.6) is 0 Å². The maximum absolute atomic E-state index is 12.1. The molecule has 0 atom stereocenters. The zero-order chi connectivity index (χ0) is 33.9. The van der Waals surface area contributed by atoms with E-state index < -0.39 is 24.3 Å². The zero-order valence-electron chi connectivity index (χ0n) is 23.6. The summed E-state index contributed by atoms with van der Waals surface area (Å²) in [5.41, 5.74) is 5.89. The van der Waals surface area contributed by atoms with Crippen LogP contribution in [-0.4, -0.2) is 88.4 Å². The van der Waals surface area contributed by atoms with E-state index in [1.54, 1.807) is 6.20 Å². The molecule has 3 aromatic rings. The number of nitrogens with one attached hydrogen (secondary N) is 3. The molecule has 0 aliphatic carbocycles. The molecule has 242 valence electrons. The maximum atomic E-state index is 12.1. The highest BCUT2D eigenvalue weighted by atomic mass is 19.4. The molecule has 1 aromatic carbocycles. The van der Waals surface area contributed by atoms with Gasteiger partial charge in [-0.1, -0.05) is 18.2 Å². The van der Waals surface area contributed by atoms with Crippen molar-refractivity contribution in [3.63, 3.8) is 0 Å². The first-order chi connectivity index (χ1) is 20.9. The van der Waals surface area contributed by atoms with Crippen LogP contribution in [0.4, 0.5) is 32.0 Å². The lowest BCUT2D eigenvalue weighted by Crippen LogP contribution is -2.31. The van der Waals surface area contributed by atoms with Gasteiger partial charge in [-0.2, -0.15) is 26.3 Å². The Hall–Kier alpha value is -5.19. The van der Waals surface area contributed by atoms with E-state index in [4.69, 9.17) is 19.8 Å². The number of H-pyrrole nitrogens is 1. The topological polar surface area (TPSA) is 165 Å². The fourth-order valence-electron chi connectivity index (χ4n) is 3.52. The molecule has 11 nitrogen and oxygen atoms in total. The van der Waals surface area contributed by atoms with E-state index >= 15 is 0 Å². The number of aromatic amines is 1. The van der Waals surface area contributed by atoms with Crippen molar-refractivity contribution in [1.82, 2.24) is 20.2 Å². The number of aromatic nitrogens is 2. The number of aliphatic carboxylic acids is 2. The lowest BCUT2D eigenvalue weighted by atomic mass is 10.1. The Bertz CT molecular complexity index is 1530. The standard InChI is InChI=1S/C24H25N5O2.2C2HF3O2/c1-29(2)12-4-7-23(30)27-18-6-3-5-16(13-18)21-14-17(8-10-25-21)22-15-19-20(28-22)9-11-26-24(19)31;2*3-2(4,5)1(6)7/h3-8,10,13-15,28H,9,11-12H2,1-2H3,(H,26,31)(H,27,30);2*(H,6,7). The Balaban J connectivity index is 0.000000421. The molecule has 3 heterocycles. The number of alkyl halides is 6. The van der Waals surface area contributed by atoms with Gasteiger partial charge >= 0.3 is 24.3 Å². The van der Waals surface area contributed by atoms with Crippen LogP contribution >= 0.6 is 0 Å². The summed E-state index contributed by atoms with van der Waals surface area (Å²) in [5, 5.41) is 20.0. The number of hydrogen-bond acceptors (Lipinski definition) is 6. The average Bonchev–Trinajstić information content (AvgIpc) is 3.39. The Labute approximate surface area is 251 Å². The zero-order valence-corrected chi connectivity index (χ0v) is 23.6. The molecule has 5 N–H and O–H groups in total. The second-order valence-corrected chi connectivity index (χ2v) is 9.35. The summed E-state index contributed by atoms with van der Waals surface area (Å²) in [6, 6.07) is 13.4. The molecule has 0 bridgehead atoms. The molecule has 1 aliphatic heterocycles. The van der Waals surface area contributed by atoms with Crippen molar-refractivity contribution < 1.29 is 55.7 Å². The van der Waals surface area contributed by atoms with Crippen molar-refractivity contribution in [1.29, 1.82) is 0 Å². The number of anilines is 1. The van der Waals surface area contributed by atoms with Gasteiger partial charge in [0.2, 0.25) is 5.91 Å². The monoisotopic (exact) mass is 643 g/mol. The van der Waals surface area contributed by atoms with Crippen LogP contribution in [-0.2, 0) is 20.8 Å². The molecule has 17 heteroatoms. The fourth-order valence-corrected chi connectivity index (χ4v) is 3.52. The molecule has 1 aliphatic rings. The van der Waals surface area contributed by atoms with E-state index in [-0.39, 0.29) is 11.8 Å². The van der Waals surface area contributed by atoms with Gasteiger partial charge in [-0.15, -0.1) is 0 Å². The van der Waals surface area contributed by atoms with Crippen LogP contribution in [0.25, 0.3) is 22.5 Å². The molecule has 0 saturated carbocycles. The highest BCUT2D eigenvalue weighted by Crippen LogP contribution is 2.28. The number of pyridine rings is 1. The molecule has 0 radical (unpaired) electrons. The highest BCUT2D eigenvalue weighted by Gasteiger charge is 2.38. The van der Waals surface area contributed by atoms with Crippen molar-refractivity contribution in [3.8, 4) is 22.5 Å². The van der Waals surface area contributed by atoms with E-state index in [0.29, 0.717) is 24.3 Å². The molecule has 45 heavy (non-hydrogen) atoms. The van der Waals surface area contributed by atoms with Gasteiger partial charge in [0, 0.05) is 60.0 Å². The molecule has 0 spiro atoms. The van der Waals surface area contributed by atoms with Crippen LogP contribution in [0.3, 0.4) is 0 Å². The molecule has 0 saturated heterocycles. The summed E-state index contributed by atoms with van der Waals surface area (Å²) in [7, 11) is 3.90. The normalized spacial score (nSPS) is 12.7. The van der Waals surface area contributed by atoms with Crippen LogP contribution in [0.1, 0.15) is 16.1 Å². The minimum atomic E-state index is -5.08. The SMILES string of the molecule is CN(C)CC=CC(=O)Nc1cccc(-c2cc(-c3cc4c([nH]3)CCNC4=O)ccn2)c1.O=C(O)C(F)(F)F.O=C(O)C(F)(F)F. The van der Waals surface area contributed by atoms with E-state index in [1.165, 1.54) is 6.08 Å². The molecule has 2 aromatic heterocycles. The first kappa shape index (κ1) is 36.0. The van der Waals surface area contributed by atoms with Crippen molar-refractivity contribution in [2.75, 3.05) is 32.5 Å². The number of likely N-dealkylation sites (N-methyl/N-ethyl adjacent to an activating group) is 1. The van der Waals surface area contributed by atoms with Crippen LogP contribution in [0.2, 0.25) is 0 Å². The number of nitrogens with zero attached hydrogens (tertiary/aromatic N) is 2. The predicted molar refractivity (Wildman–Crippen MR) is 149 cm³/mol. The summed E-state index contributed by atoms with van der Waals surface area (Å²) in [5.74, 6) is -5.72. The largest absolute Gasteiger partial charge is 0.490 e. The molecular formula is C28H27F6N5O6. The van der Waals surface area contributed by atoms with E-state index in [2.05, 4.69) is 20.6 Å². The average molecular weight is 644 g/mol. The van der Waals surface area contributed by atoms with Crippen molar-refractivity contribution >= 4 is 29.4 Å². The van der Waals surface area contributed by atoms with Crippen LogP contribution in [0, 0.1) is 0 Å². The third-order valence-corrected chi connectivity index (χ3v) is 5.53. The van der Waals surface area contributed by atoms with E-state index in [0.717, 1.165) is 34.6 Å². The van der Waals surface area contributed by atoms with Crippen LogP contribution in [0.15, 0.2) is 60.8 Å². The third-order valence-electron chi connectivity index (χ3n) is 5.53. The van der Waals surface area contributed by atoms with E-state index in [9.17, 15) is 35.9 Å². The summed E-state index contributed by atoms with van der Waals surface area (Å²) in [6.45, 7) is 1.35. The van der Waals surface area contributed by atoms with Gasteiger partial charge in [0.25, 0.3) is 5.91 Å². The lowest BCUT2D eigenvalue weighted by Gasteiger charge is -2.11. The Kier molecular flexibility index (Phi) is 12.4. The van der Waals surface area contributed by atoms with Gasteiger partial charge in [-0.25, -0.2) is 9.59 Å². The number of carboxylic acids is 2. The van der Waals surface area contributed by atoms with Gasteiger partial charge in [0.1, 0.15) is 0 Å². The number of carbonyl (C=O) groups excluding carboxylic acids is 2. The first-order valence-electron chi connectivity index (χ1n) is 12.7. The molecule has 0 unspecified atom stereocenters. The summed E-state index contributed by atoms with van der Waals surface area (Å²) in [4.78, 5) is 51.8. The van der Waals surface area contributed by atoms with Crippen molar-refractivity contribution in [2.45, 2.75) is 18.8 Å². The molecular weight excluding hydrogens is 616 g/mol. The minimum Gasteiger partial charge on any atom is -0.475 e. The number of rotatable bonds is 6. The fraction of sp³-hybridized carbons (Fsp3) is 0.250. The van der Waals surface area contributed by atoms with Crippen LogP contribution < -0.4 is 10.6 Å². The lowest BCUT2D eigenvalue weighted by molar-refractivity contribution is -0.193. The molecule has 2 amide bonds. The quantitative estimate of drug-likeness (QED) is 0.195. The Morgan fingerprint density at radius 3 is 2.16 bits per heavy atom. The van der Waals surface area contributed by atoms with Gasteiger partial charge in [-0.05, 0) is 44.4 Å². The third kappa shape index (κ3) is 11.8. The first-order valence-corrected chi connectivity index (χ1v) is 12.7. The van der Waals surface area contributed by atoms with E-state index in [1.807, 2.05) is 67.5 Å². The number of benzene rings is 1. The Morgan fingerprint density at radius 2 is 1.60 bits per heavy atom. The van der Waals surface area contributed by atoms with Gasteiger partial charge in [0.15, 0.2) is 0 Å². The minimum absolute atomic E-state index is 0.0406. The summed E-state index contributed by atoms with van der Waals surface area (Å²) < 4.78 is 63.5.